The Balaban J connectivity index is 1.46. The molecule has 0 amide bonds. The molecule has 0 radical (unpaired) electrons. The van der Waals surface area contributed by atoms with Gasteiger partial charge in [0.05, 0.1) is 5.52 Å². The van der Waals surface area contributed by atoms with Gasteiger partial charge in [-0.1, -0.05) is 6.07 Å². The van der Waals surface area contributed by atoms with Crippen LogP contribution in [0.1, 0.15) is 12.8 Å². The molecule has 0 bridgehead atoms. The number of alkyl halides is 3. The highest BCUT2D eigenvalue weighted by Gasteiger charge is 2.29. The van der Waals surface area contributed by atoms with Crippen molar-refractivity contribution in [1.29, 1.82) is 0 Å². The van der Waals surface area contributed by atoms with Crippen LogP contribution in [-0.2, 0) is 13.6 Å². The van der Waals surface area contributed by atoms with Crippen molar-refractivity contribution < 1.29 is 17.9 Å². The number of piperidine rings is 1. The normalized spacial score (nSPS) is 15.7. The molecule has 160 valence electrons. The maximum atomic E-state index is 12.8. The number of ether oxygens (including phenoxy) is 1. The molecular weight excluding hydrogens is 401 g/mol. The lowest BCUT2D eigenvalue weighted by atomic mass is 10.1. The summed E-state index contributed by atoms with van der Waals surface area (Å²) in [4.78, 5) is 28.3. The zero-order chi connectivity index (χ0) is 21.5. The number of fused-ring (bicyclic) bond motifs is 1. The fourth-order valence-corrected chi connectivity index (χ4v) is 3.74. The molecule has 3 heterocycles. The van der Waals surface area contributed by atoms with Crippen molar-refractivity contribution in [3.8, 4) is 5.75 Å². The number of anilines is 1. The minimum absolute atomic E-state index is 0.115. The average Bonchev–Trinajstić information content (AvgIpc) is 3.08. The maximum absolute atomic E-state index is 12.8. The molecule has 1 aliphatic heterocycles. The summed E-state index contributed by atoms with van der Waals surface area (Å²) in [7, 11) is 1.41. The number of halogens is 3. The number of aromatic amines is 1. The number of benzene rings is 1. The Labute approximate surface area is 169 Å². The van der Waals surface area contributed by atoms with Gasteiger partial charge in [0.1, 0.15) is 24.2 Å². The molecular formula is C20H21F3N4O3. The van der Waals surface area contributed by atoms with Crippen LogP contribution in [0.25, 0.3) is 10.9 Å². The zero-order valence-corrected chi connectivity index (χ0v) is 16.3. The lowest BCUT2D eigenvalue weighted by molar-refractivity contribution is -0.139. The summed E-state index contributed by atoms with van der Waals surface area (Å²) in [6, 6.07) is 8.11. The second-order valence-electron chi connectivity index (χ2n) is 7.41. The van der Waals surface area contributed by atoms with Gasteiger partial charge in [-0.3, -0.25) is 14.3 Å². The molecule has 0 saturated carbocycles. The van der Waals surface area contributed by atoms with Gasteiger partial charge < -0.3 is 14.2 Å². The van der Waals surface area contributed by atoms with Crippen LogP contribution in [0, 0.1) is 0 Å². The fraction of sp³-hybridized carbons (Fsp3) is 0.400. The van der Waals surface area contributed by atoms with Gasteiger partial charge in [0.2, 0.25) is 0 Å². The molecule has 1 N–H and O–H groups in total. The molecule has 0 aliphatic carbocycles. The summed E-state index contributed by atoms with van der Waals surface area (Å²) in [6.07, 6.45) is -1.70. The van der Waals surface area contributed by atoms with E-state index in [-0.39, 0.29) is 11.7 Å². The third kappa shape index (κ3) is 4.07. The first-order chi connectivity index (χ1) is 14.2. The summed E-state index contributed by atoms with van der Waals surface area (Å²) in [6.45, 7) is 0.116. The van der Waals surface area contributed by atoms with E-state index in [0.717, 1.165) is 9.13 Å². The molecule has 10 heteroatoms. The van der Waals surface area contributed by atoms with Gasteiger partial charge in [-0.2, -0.15) is 13.2 Å². The Morgan fingerprint density at radius 2 is 1.90 bits per heavy atom. The van der Waals surface area contributed by atoms with Gasteiger partial charge in [-0.05, 0) is 18.2 Å². The summed E-state index contributed by atoms with van der Waals surface area (Å²) < 4.78 is 46.6. The lowest BCUT2D eigenvalue weighted by Crippen LogP contribution is -2.41. The van der Waals surface area contributed by atoms with Crippen LogP contribution < -0.4 is 20.9 Å². The second-order valence-corrected chi connectivity index (χ2v) is 7.41. The van der Waals surface area contributed by atoms with Crippen LogP contribution in [0.5, 0.6) is 5.75 Å². The maximum Gasteiger partial charge on any atom is 0.406 e. The van der Waals surface area contributed by atoms with Crippen molar-refractivity contribution in [2.75, 3.05) is 18.0 Å². The standard InChI is InChI=1S/C20H21F3N4O3/c1-25-18(28)11-17(24-19(25)29)26-8-5-13(6-9-26)30-16-4-2-3-15-14(16)7-10-27(15)12-20(21,22)23/h2-4,7,10-11,13H,5-6,8-9,12H2,1H3,(H,24,29). The van der Waals surface area contributed by atoms with Gasteiger partial charge in [-0.25, -0.2) is 4.79 Å². The number of hydrogen-bond acceptors (Lipinski definition) is 4. The van der Waals surface area contributed by atoms with Gasteiger partial charge in [0.25, 0.3) is 5.56 Å². The predicted octanol–water partition coefficient (Wildman–Crippen LogP) is 2.64. The minimum atomic E-state index is -4.30. The number of hydrogen-bond donors (Lipinski definition) is 1. The first-order valence-corrected chi connectivity index (χ1v) is 9.58. The van der Waals surface area contributed by atoms with Gasteiger partial charge in [0.15, 0.2) is 0 Å². The Morgan fingerprint density at radius 3 is 2.57 bits per heavy atom. The Morgan fingerprint density at radius 1 is 1.17 bits per heavy atom. The molecule has 0 unspecified atom stereocenters. The molecule has 3 aromatic rings. The first kappa shape index (κ1) is 20.1. The van der Waals surface area contributed by atoms with E-state index in [9.17, 15) is 22.8 Å². The minimum Gasteiger partial charge on any atom is -0.490 e. The Hall–Kier alpha value is -3.17. The quantitative estimate of drug-likeness (QED) is 0.702. The molecule has 1 aliphatic rings. The zero-order valence-electron chi connectivity index (χ0n) is 16.3. The molecule has 4 rings (SSSR count). The molecule has 2 aromatic heterocycles. The van der Waals surface area contributed by atoms with Crippen LogP contribution in [0.3, 0.4) is 0 Å². The highest BCUT2D eigenvalue weighted by Crippen LogP contribution is 2.31. The van der Waals surface area contributed by atoms with Crippen LogP contribution in [0.4, 0.5) is 19.0 Å². The van der Waals surface area contributed by atoms with E-state index < -0.39 is 18.4 Å². The lowest BCUT2D eigenvalue weighted by Gasteiger charge is -2.33. The van der Waals surface area contributed by atoms with E-state index in [0.29, 0.717) is 48.4 Å². The van der Waals surface area contributed by atoms with Crippen molar-refractivity contribution in [1.82, 2.24) is 14.1 Å². The first-order valence-electron chi connectivity index (χ1n) is 9.58. The van der Waals surface area contributed by atoms with E-state index in [1.54, 1.807) is 24.3 Å². The van der Waals surface area contributed by atoms with Crippen molar-refractivity contribution in [2.24, 2.45) is 7.05 Å². The van der Waals surface area contributed by atoms with E-state index in [1.165, 1.54) is 19.3 Å². The van der Waals surface area contributed by atoms with Gasteiger partial charge in [0, 0.05) is 50.6 Å². The topological polar surface area (TPSA) is 72.3 Å². The summed E-state index contributed by atoms with van der Waals surface area (Å²) in [5.41, 5.74) is -0.368. The number of nitrogens with zero attached hydrogens (tertiary/aromatic N) is 3. The van der Waals surface area contributed by atoms with Crippen molar-refractivity contribution in [2.45, 2.75) is 31.7 Å². The third-order valence-electron chi connectivity index (χ3n) is 5.33. The molecule has 0 atom stereocenters. The van der Waals surface area contributed by atoms with Crippen LogP contribution >= 0.6 is 0 Å². The van der Waals surface area contributed by atoms with Gasteiger partial charge in [-0.15, -0.1) is 0 Å². The number of nitrogens with one attached hydrogen (secondary N) is 1. The summed E-state index contributed by atoms with van der Waals surface area (Å²) in [5, 5.41) is 0.639. The van der Waals surface area contributed by atoms with Crippen LogP contribution in [-0.4, -0.2) is 39.5 Å². The molecule has 30 heavy (non-hydrogen) atoms. The van der Waals surface area contributed by atoms with Gasteiger partial charge >= 0.3 is 11.9 Å². The largest absolute Gasteiger partial charge is 0.490 e. The monoisotopic (exact) mass is 422 g/mol. The Kier molecular flexibility index (Phi) is 5.08. The Bertz CT molecular complexity index is 1140. The highest BCUT2D eigenvalue weighted by molar-refractivity contribution is 5.86. The van der Waals surface area contributed by atoms with Crippen LogP contribution in [0.2, 0.25) is 0 Å². The average molecular weight is 422 g/mol. The highest BCUT2D eigenvalue weighted by atomic mass is 19.4. The number of H-pyrrole nitrogens is 1. The smallest absolute Gasteiger partial charge is 0.406 e. The van der Waals surface area contributed by atoms with Crippen LogP contribution in [0.15, 0.2) is 46.1 Å². The SMILES string of the molecule is Cn1c(=O)cc(N2CCC(Oc3cccc4c3ccn4CC(F)(F)F)CC2)[nH]c1=O. The van der Waals surface area contributed by atoms with Crippen molar-refractivity contribution >= 4 is 16.7 Å². The molecule has 1 saturated heterocycles. The predicted molar refractivity (Wildman–Crippen MR) is 106 cm³/mol. The second kappa shape index (κ2) is 7.58. The van der Waals surface area contributed by atoms with Crippen molar-refractivity contribution in [3.63, 3.8) is 0 Å². The molecule has 1 fully saturated rings. The number of aromatic nitrogens is 3. The molecule has 0 spiro atoms. The fourth-order valence-electron chi connectivity index (χ4n) is 3.74. The summed E-state index contributed by atoms with van der Waals surface area (Å²) in [5.74, 6) is 1.03. The van der Waals surface area contributed by atoms with E-state index >= 15 is 0 Å². The number of rotatable bonds is 4. The van der Waals surface area contributed by atoms with E-state index in [2.05, 4.69) is 4.98 Å². The summed E-state index contributed by atoms with van der Waals surface area (Å²) >= 11 is 0. The molecule has 7 nitrogen and oxygen atoms in total. The van der Waals surface area contributed by atoms with E-state index in [4.69, 9.17) is 4.74 Å². The van der Waals surface area contributed by atoms with E-state index in [1.807, 2.05) is 4.90 Å². The molecule has 1 aromatic carbocycles. The third-order valence-corrected chi connectivity index (χ3v) is 5.33. The van der Waals surface area contributed by atoms with Crippen molar-refractivity contribution in [3.05, 3.63) is 57.4 Å².